The number of aldehydes is 1. The van der Waals surface area contributed by atoms with Crippen LogP contribution in [-0.4, -0.2) is 10.9 Å². The van der Waals surface area contributed by atoms with Crippen LogP contribution in [0.15, 0.2) is 24.3 Å². The van der Waals surface area contributed by atoms with E-state index in [2.05, 4.69) is 0 Å². The normalized spacial score (nSPS) is 10.6. The molecule has 0 saturated heterocycles. The minimum absolute atomic E-state index is 0.143. The van der Waals surface area contributed by atoms with Gasteiger partial charge in [-0.1, -0.05) is 6.07 Å². The van der Waals surface area contributed by atoms with E-state index in [0.29, 0.717) is 23.2 Å². The number of hydrogen-bond acceptors (Lipinski definition) is 1. The van der Waals surface area contributed by atoms with Gasteiger partial charge in [-0.15, -0.1) is 0 Å². The Bertz CT molecular complexity index is 567. The molecule has 0 aliphatic heterocycles. The first kappa shape index (κ1) is 11.5. The molecule has 0 spiro atoms. The summed E-state index contributed by atoms with van der Waals surface area (Å²) >= 11 is 0. The second-order valence-electron chi connectivity index (χ2n) is 3.85. The van der Waals surface area contributed by atoms with Crippen molar-refractivity contribution in [3.05, 3.63) is 52.9 Å². The van der Waals surface area contributed by atoms with Gasteiger partial charge in [0.15, 0.2) is 6.29 Å². The number of aryl methyl sites for hydroxylation is 1. The first-order valence-electron chi connectivity index (χ1n) is 5.14. The van der Waals surface area contributed by atoms with Gasteiger partial charge in [0.2, 0.25) is 0 Å². The monoisotopic (exact) mass is 235 g/mol. The molecule has 1 aromatic heterocycles. The second kappa shape index (κ2) is 4.13. The fraction of sp³-hybridized carbons (Fsp3) is 0.154. The van der Waals surface area contributed by atoms with Crippen molar-refractivity contribution in [2.75, 3.05) is 0 Å². The molecule has 0 atom stereocenters. The second-order valence-corrected chi connectivity index (χ2v) is 3.85. The molecule has 0 bridgehead atoms. The van der Waals surface area contributed by atoms with E-state index < -0.39 is 11.6 Å². The lowest BCUT2D eigenvalue weighted by molar-refractivity contribution is 0.112. The summed E-state index contributed by atoms with van der Waals surface area (Å²) in [6.07, 6.45) is 0.678. The molecule has 1 aromatic carbocycles. The van der Waals surface area contributed by atoms with E-state index in [1.165, 1.54) is 22.8 Å². The number of nitrogens with zero attached hydrogens (tertiary/aromatic N) is 1. The number of halogens is 2. The van der Waals surface area contributed by atoms with Crippen molar-refractivity contribution in [2.24, 2.45) is 0 Å². The van der Waals surface area contributed by atoms with Gasteiger partial charge in [0.05, 0.1) is 0 Å². The number of hydrogen-bond donors (Lipinski definition) is 0. The van der Waals surface area contributed by atoms with Gasteiger partial charge in [0, 0.05) is 17.0 Å². The number of carbonyl (C=O) groups is 1. The van der Waals surface area contributed by atoms with Crippen molar-refractivity contribution < 1.29 is 13.6 Å². The molecular weight excluding hydrogens is 224 g/mol. The van der Waals surface area contributed by atoms with Crippen LogP contribution < -0.4 is 0 Å². The fourth-order valence-corrected chi connectivity index (χ4v) is 1.95. The molecule has 88 valence electrons. The van der Waals surface area contributed by atoms with Crippen LogP contribution >= 0.6 is 0 Å². The summed E-state index contributed by atoms with van der Waals surface area (Å²) in [6, 6.07) is 5.30. The van der Waals surface area contributed by atoms with Crippen molar-refractivity contribution in [3.63, 3.8) is 0 Å². The molecule has 0 unspecified atom stereocenters. The molecule has 0 aliphatic carbocycles. The molecule has 0 aliphatic rings. The summed E-state index contributed by atoms with van der Waals surface area (Å²) in [7, 11) is 0. The molecule has 1 heterocycles. The van der Waals surface area contributed by atoms with Gasteiger partial charge in [0.1, 0.15) is 17.3 Å². The van der Waals surface area contributed by atoms with Crippen molar-refractivity contribution in [2.45, 2.75) is 13.8 Å². The maximum absolute atomic E-state index is 13.7. The summed E-state index contributed by atoms with van der Waals surface area (Å²) in [5.74, 6) is -1.30. The van der Waals surface area contributed by atoms with Crippen LogP contribution in [0.3, 0.4) is 0 Å². The first-order chi connectivity index (χ1) is 8.06. The van der Waals surface area contributed by atoms with Crippen LogP contribution in [0.1, 0.15) is 21.7 Å². The lowest BCUT2D eigenvalue weighted by Crippen LogP contribution is -2.05. The highest BCUT2D eigenvalue weighted by atomic mass is 19.1. The molecule has 4 heteroatoms. The first-order valence-corrected chi connectivity index (χ1v) is 5.14. The predicted octanol–water partition coefficient (Wildman–Crippen LogP) is 3.18. The zero-order valence-electron chi connectivity index (χ0n) is 9.50. The Balaban J connectivity index is 2.77. The van der Waals surface area contributed by atoms with Gasteiger partial charge in [-0.25, -0.2) is 8.78 Å². The Labute approximate surface area is 97.5 Å². The van der Waals surface area contributed by atoms with E-state index in [0.717, 1.165) is 0 Å². The zero-order chi connectivity index (χ0) is 12.6. The number of para-hydroxylation sites is 1. The summed E-state index contributed by atoms with van der Waals surface area (Å²) in [5, 5.41) is 0. The van der Waals surface area contributed by atoms with E-state index in [-0.39, 0.29) is 5.69 Å². The molecule has 2 aromatic rings. The van der Waals surface area contributed by atoms with E-state index in [1.54, 1.807) is 19.9 Å². The molecule has 0 N–H and O–H groups in total. The fourth-order valence-electron chi connectivity index (χ4n) is 1.95. The zero-order valence-corrected chi connectivity index (χ0v) is 9.50. The third kappa shape index (κ3) is 1.75. The van der Waals surface area contributed by atoms with Gasteiger partial charge in [-0.05, 0) is 32.0 Å². The molecule has 0 saturated carbocycles. The highest BCUT2D eigenvalue weighted by Crippen LogP contribution is 2.24. The largest absolute Gasteiger partial charge is 0.313 e. The Morgan fingerprint density at radius 3 is 2.24 bits per heavy atom. The lowest BCUT2D eigenvalue weighted by atomic mass is 10.2. The SMILES string of the molecule is Cc1cc(C=O)c(C)n1-c1c(F)cccc1F. The van der Waals surface area contributed by atoms with Crippen LogP contribution in [0.4, 0.5) is 8.78 Å². The van der Waals surface area contributed by atoms with Gasteiger partial charge in [-0.2, -0.15) is 0 Å². The van der Waals surface area contributed by atoms with Crippen LogP contribution in [0.2, 0.25) is 0 Å². The molecule has 0 radical (unpaired) electrons. The topological polar surface area (TPSA) is 22.0 Å². The Hall–Kier alpha value is -1.97. The Morgan fingerprint density at radius 2 is 1.76 bits per heavy atom. The average molecular weight is 235 g/mol. The Kier molecular flexibility index (Phi) is 2.79. The number of carbonyl (C=O) groups excluding carboxylic acids is 1. The molecule has 2 nitrogen and oxygen atoms in total. The van der Waals surface area contributed by atoms with Crippen LogP contribution in [0.25, 0.3) is 5.69 Å². The maximum Gasteiger partial charge on any atom is 0.151 e. The average Bonchev–Trinajstić information content (AvgIpc) is 2.56. The smallest absolute Gasteiger partial charge is 0.151 e. The summed E-state index contributed by atoms with van der Waals surface area (Å²) in [6.45, 7) is 3.36. The van der Waals surface area contributed by atoms with Crippen LogP contribution in [0, 0.1) is 25.5 Å². The third-order valence-corrected chi connectivity index (χ3v) is 2.76. The minimum atomic E-state index is -0.649. The van der Waals surface area contributed by atoms with E-state index in [4.69, 9.17) is 0 Å². The van der Waals surface area contributed by atoms with Crippen molar-refractivity contribution in [1.29, 1.82) is 0 Å². The number of benzene rings is 1. The van der Waals surface area contributed by atoms with Crippen LogP contribution in [0.5, 0.6) is 0 Å². The molecule has 2 rings (SSSR count). The summed E-state index contributed by atoms with van der Waals surface area (Å²) in [5.41, 5.74) is 1.44. The van der Waals surface area contributed by atoms with Crippen LogP contribution in [-0.2, 0) is 0 Å². The number of aromatic nitrogens is 1. The van der Waals surface area contributed by atoms with E-state index in [9.17, 15) is 13.6 Å². The van der Waals surface area contributed by atoms with Gasteiger partial charge in [0.25, 0.3) is 0 Å². The number of rotatable bonds is 2. The highest BCUT2D eigenvalue weighted by Gasteiger charge is 2.16. The molecule has 0 fully saturated rings. The van der Waals surface area contributed by atoms with E-state index in [1.807, 2.05) is 0 Å². The minimum Gasteiger partial charge on any atom is -0.313 e. The van der Waals surface area contributed by atoms with Gasteiger partial charge in [-0.3, -0.25) is 4.79 Å². The highest BCUT2D eigenvalue weighted by molar-refractivity contribution is 5.77. The quantitative estimate of drug-likeness (QED) is 0.733. The summed E-state index contributed by atoms with van der Waals surface area (Å²) < 4.78 is 28.7. The van der Waals surface area contributed by atoms with Crippen molar-refractivity contribution >= 4 is 6.29 Å². The third-order valence-electron chi connectivity index (χ3n) is 2.76. The van der Waals surface area contributed by atoms with Gasteiger partial charge >= 0.3 is 0 Å². The summed E-state index contributed by atoms with van der Waals surface area (Å²) in [4.78, 5) is 10.8. The predicted molar refractivity (Wildman–Crippen MR) is 60.5 cm³/mol. The van der Waals surface area contributed by atoms with Crippen molar-refractivity contribution in [1.82, 2.24) is 4.57 Å². The standard InChI is InChI=1S/C13H11F2NO/c1-8-6-10(7-17)9(2)16(8)13-11(14)4-3-5-12(13)15/h3-7H,1-2H3. The molecule has 0 amide bonds. The molecular formula is C13H11F2NO. The van der Waals surface area contributed by atoms with E-state index >= 15 is 0 Å². The maximum atomic E-state index is 13.7. The lowest BCUT2D eigenvalue weighted by Gasteiger charge is -2.11. The van der Waals surface area contributed by atoms with Crippen molar-refractivity contribution in [3.8, 4) is 5.69 Å². The molecule has 17 heavy (non-hydrogen) atoms. The Morgan fingerprint density at radius 1 is 1.18 bits per heavy atom. The van der Waals surface area contributed by atoms with Gasteiger partial charge < -0.3 is 4.57 Å².